The second-order valence-electron chi connectivity index (χ2n) is 3.65. The SMILES string of the molecule is CC(C)C(=O)Nc1ncc(C(O)CBr)cn1. The van der Waals surface area contributed by atoms with Crippen molar-refractivity contribution in [2.75, 3.05) is 10.6 Å². The van der Waals surface area contributed by atoms with Gasteiger partial charge in [0.1, 0.15) is 0 Å². The number of carbonyl (C=O) groups excluding carboxylic acids is 1. The van der Waals surface area contributed by atoms with Crippen LogP contribution in [0.1, 0.15) is 25.5 Å². The Labute approximate surface area is 102 Å². The molecule has 0 aliphatic heterocycles. The molecule has 88 valence electrons. The first-order valence-electron chi connectivity index (χ1n) is 4.91. The highest BCUT2D eigenvalue weighted by Gasteiger charge is 2.10. The van der Waals surface area contributed by atoms with E-state index in [1.165, 1.54) is 12.4 Å². The van der Waals surface area contributed by atoms with E-state index in [-0.39, 0.29) is 17.8 Å². The number of amides is 1. The maximum absolute atomic E-state index is 11.3. The van der Waals surface area contributed by atoms with E-state index in [2.05, 4.69) is 31.2 Å². The Kier molecular flexibility index (Phi) is 4.82. The van der Waals surface area contributed by atoms with Crippen LogP contribution in [0.2, 0.25) is 0 Å². The molecule has 0 bridgehead atoms. The molecule has 6 heteroatoms. The Hall–Kier alpha value is -1.01. The number of alkyl halides is 1. The zero-order chi connectivity index (χ0) is 12.1. The minimum atomic E-state index is -0.630. The maximum Gasteiger partial charge on any atom is 0.229 e. The molecule has 2 N–H and O–H groups in total. The molecular formula is C10H14BrN3O2. The van der Waals surface area contributed by atoms with Crippen LogP contribution in [0.3, 0.4) is 0 Å². The third kappa shape index (κ3) is 3.53. The van der Waals surface area contributed by atoms with Gasteiger partial charge < -0.3 is 5.11 Å². The fourth-order valence-electron chi connectivity index (χ4n) is 0.918. The first-order chi connectivity index (χ1) is 7.54. The summed E-state index contributed by atoms with van der Waals surface area (Å²) in [6, 6.07) is 0. The monoisotopic (exact) mass is 287 g/mol. The standard InChI is InChI=1S/C10H14BrN3O2/c1-6(2)9(16)14-10-12-4-7(5-13-10)8(15)3-11/h4-6,8,15H,3H2,1-2H3,(H,12,13,14,16). The predicted octanol–water partition coefficient (Wildman–Crippen LogP) is 1.50. The second kappa shape index (κ2) is 5.91. The van der Waals surface area contributed by atoms with Crippen LogP contribution < -0.4 is 5.32 Å². The normalized spacial score (nSPS) is 12.6. The van der Waals surface area contributed by atoms with Crippen LogP contribution in [0.15, 0.2) is 12.4 Å². The number of halogens is 1. The zero-order valence-electron chi connectivity index (χ0n) is 9.14. The molecule has 0 fully saturated rings. The highest BCUT2D eigenvalue weighted by molar-refractivity contribution is 9.09. The third-order valence-corrected chi connectivity index (χ3v) is 2.58. The molecule has 0 spiro atoms. The summed E-state index contributed by atoms with van der Waals surface area (Å²) in [5.74, 6) is 0.00872. The van der Waals surface area contributed by atoms with E-state index in [1.807, 2.05) is 0 Å². The number of nitrogens with one attached hydrogen (secondary N) is 1. The molecule has 5 nitrogen and oxygen atoms in total. The van der Waals surface area contributed by atoms with Crippen LogP contribution in [0.4, 0.5) is 5.95 Å². The van der Waals surface area contributed by atoms with Gasteiger partial charge in [-0.05, 0) is 0 Å². The van der Waals surface area contributed by atoms with Gasteiger partial charge in [0.15, 0.2) is 0 Å². The first-order valence-corrected chi connectivity index (χ1v) is 6.03. The van der Waals surface area contributed by atoms with E-state index in [9.17, 15) is 9.90 Å². The summed E-state index contributed by atoms with van der Waals surface area (Å²) in [6.45, 7) is 3.58. The molecule has 0 aliphatic carbocycles. The van der Waals surface area contributed by atoms with Crippen molar-refractivity contribution in [3.05, 3.63) is 18.0 Å². The summed E-state index contributed by atoms with van der Waals surface area (Å²) in [5, 5.41) is 12.5. The highest BCUT2D eigenvalue weighted by atomic mass is 79.9. The van der Waals surface area contributed by atoms with Gasteiger partial charge in [-0.2, -0.15) is 0 Å². The van der Waals surface area contributed by atoms with E-state index in [4.69, 9.17) is 0 Å². The van der Waals surface area contributed by atoms with Crippen molar-refractivity contribution in [1.29, 1.82) is 0 Å². The number of hydrogen-bond acceptors (Lipinski definition) is 4. The van der Waals surface area contributed by atoms with Crippen molar-refractivity contribution in [3.63, 3.8) is 0 Å². The number of aliphatic hydroxyl groups excluding tert-OH is 1. The minimum Gasteiger partial charge on any atom is -0.387 e. The van der Waals surface area contributed by atoms with Crippen LogP contribution in [-0.2, 0) is 4.79 Å². The third-order valence-electron chi connectivity index (χ3n) is 1.96. The number of carbonyl (C=O) groups is 1. The molecule has 1 aromatic rings. The lowest BCUT2D eigenvalue weighted by Gasteiger charge is -2.08. The Balaban J connectivity index is 2.68. The zero-order valence-corrected chi connectivity index (χ0v) is 10.7. The van der Waals surface area contributed by atoms with Crippen LogP contribution in [-0.4, -0.2) is 26.3 Å². The summed E-state index contributed by atoms with van der Waals surface area (Å²) in [6.07, 6.45) is 2.36. The Morgan fingerprint density at radius 3 is 2.50 bits per heavy atom. The molecule has 1 atom stereocenters. The van der Waals surface area contributed by atoms with E-state index >= 15 is 0 Å². The van der Waals surface area contributed by atoms with Gasteiger partial charge in [0.05, 0.1) is 6.10 Å². The Morgan fingerprint density at radius 1 is 1.50 bits per heavy atom. The van der Waals surface area contributed by atoms with Crippen molar-refractivity contribution >= 4 is 27.8 Å². The molecule has 0 aliphatic rings. The van der Waals surface area contributed by atoms with Crippen LogP contribution in [0.5, 0.6) is 0 Å². The molecule has 1 aromatic heterocycles. The number of nitrogens with zero attached hydrogens (tertiary/aromatic N) is 2. The molecule has 0 saturated carbocycles. The molecule has 1 heterocycles. The molecule has 0 aromatic carbocycles. The molecule has 16 heavy (non-hydrogen) atoms. The average Bonchev–Trinajstić information content (AvgIpc) is 2.28. The summed E-state index contributed by atoms with van der Waals surface area (Å²) in [7, 11) is 0. The first kappa shape index (κ1) is 13.1. The number of rotatable bonds is 4. The number of aromatic nitrogens is 2. The van der Waals surface area contributed by atoms with Gasteiger partial charge in [0, 0.05) is 29.2 Å². The van der Waals surface area contributed by atoms with Crippen molar-refractivity contribution in [2.45, 2.75) is 20.0 Å². The topological polar surface area (TPSA) is 75.1 Å². The van der Waals surface area contributed by atoms with Crippen molar-refractivity contribution in [3.8, 4) is 0 Å². The predicted molar refractivity (Wildman–Crippen MR) is 64.3 cm³/mol. The highest BCUT2D eigenvalue weighted by Crippen LogP contribution is 2.13. The lowest BCUT2D eigenvalue weighted by Crippen LogP contribution is -2.19. The summed E-state index contributed by atoms with van der Waals surface area (Å²) in [4.78, 5) is 19.2. The van der Waals surface area contributed by atoms with Gasteiger partial charge in [-0.1, -0.05) is 29.8 Å². The van der Waals surface area contributed by atoms with E-state index < -0.39 is 6.10 Å². The van der Waals surface area contributed by atoms with Gasteiger partial charge in [-0.15, -0.1) is 0 Å². The van der Waals surface area contributed by atoms with E-state index in [0.29, 0.717) is 10.9 Å². The van der Waals surface area contributed by atoms with Crippen LogP contribution in [0.25, 0.3) is 0 Å². The lowest BCUT2D eigenvalue weighted by molar-refractivity contribution is -0.118. The number of hydrogen-bond donors (Lipinski definition) is 2. The Bertz CT molecular complexity index is 354. The second-order valence-corrected chi connectivity index (χ2v) is 4.30. The molecular weight excluding hydrogens is 274 g/mol. The quantitative estimate of drug-likeness (QED) is 0.823. The van der Waals surface area contributed by atoms with Crippen LogP contribution >= 0.6 is 15.9 Å². The van der Waals surface area contributed by atoms with Gasteiger partial charge >= 0.3 is 0 Å². The van der Waals surface area contributed by atoms with Gasteiger partial charge in [-0.3, -0.25) is 10.1 Å². The summed E-state index contributed by atoms with van der Waals surface area (Å²) >= 11 is 3.15. The van der Waals surface area contributed by atoms with Crippen molar-refractivity contribution in [2.24, 2.45) is 5.92 Å². The molecule has 1 rings (SSSR count). The van der Waals surface area contributed by atoms with E-state index in [0.717, 1.165) is 0 Å². The van der Waals surface area contributed by atoms with Crippen molar-refractivity contribution in [1.82, 2.24) is 9.97 Å². The summed E-state index contributed by atoms with van der Waals surface area (Å²) < 4.78 is 0. The smallest absolute Gasteiger partial charge is 0.229 e. The molecule has 1 amide bonds. The average molecular weight is 288 g/mol. The molecule has 1 unspecified atom stereocenters. The maximum atomic E-state index is 11.3. The minimum absolute atomic E-state index is 0.114. The summed E-state index contributed by atoms with van der Waals surface area (Å²) in [5.41, 5.74) is 0.611. The fourth-order valence-corrected chi connectivity index (χ4v) is 1.29. The van der Waals surface area contributed by atoms with Crippen LogP contribution in [0, 0.1) is 5.92 Å². The number of aliphatic hydroxyl groups is 1. The number of anilines is 1. The van der Waals surface area contributed by atoms with Gasteiger partial charge in [0.2, 0.25) is 11.9 Å². The lowest BCUT2D eigenvalue weighted by atomic mass is 10.2. The molecule has 0 saturated heterocycles. The Morgan fingerprint density at radius 2 is 2.06 bits per heavy atom. The van der Waals surface area contributed by atoms with Gasteiger partial charge in [0.25, 0.3) is 0 Å². The molecule has 0 radical (unpaired) electrons. The van der Waals surface area contributed by atoms with E-state index in [1.54, 1.807) is 13.8 Å². The largest absolute Gasteiger partial charge is 0.387 e. The van der Waals surface area contributed by atoms with Gasteiger partial charge in [-0.25, -0.2) is 9.97 Å². The van der Waals surface area contributed by atoms with Crippen molar-refractivity contribution < 1.29 is 9.90 Å². The fraction of sp³-hybridized carbons (Fsp3) is 0.500.